The quantitative estimate of drug-likeness (QED) is 0.848. The zero-order valence-corrected chi connectivity index (χ0v) is 9.69. The summed E-state index contributed by atoms with van der Waals surface area (Å²) < 4.78 is 5.85. The summed E-state index contributed by atoms with van der Waals surface area (Å²) in [5.74, 6) is 1.63. The van der Waals surface area contributed by atoms with E-state index < -0.39 is 0 Å². The van der Waals surface area contributed by atoms with Crippen LogP contribution < -0.4 is 10.5 Å². The van der Waals surface area contributed by atoms with Crippen molar-refractivity contribution in [1.29, 1.82) is 0 Å². The molecule has 1 aliphatic carbocycles. The molecular weight excluding hydrogens is 200 g/mol. The highest BCUT2D eigenvalue weighted by Gasteiger charge is 2.14. The zero-order chi connectivity index (χ0) is 11.2. The van der Waals surface area contributed by atoms with E-state index >= 15 is 0 Å². The topological polar surface area (TPSA) is 48.1 Å². The van der Waals surface area contributed by atoms with Crippen molar-refractivity contribution >= 4 is 0 Å². The van der Waals surface area contributed by atoms with Crippen LogP contribution in [0.2, 0.25) is 0 Å². The van der Waals surface area contributed by atoms with Crippen LogP contribution >= 0.6 is 0 Å². The molecule has 0 radical (unpaired) electrons. The van der Waals surface area contributed by atoms with E-state index in [1.165, 1.54) is 32.1 Å². The van der Waals surface area contributed by atoms with Crippen molar-refractivity contribution in [3.8, 4) is 5.75 Å². The second kappa shape index (κ2) is 5.85. The Morgan fingerprint density at radius 3 is 2.88 bits per heavy atom. The Labute approximate surface area is 97.0 Å². The highest BCUT2D eigenvalue weighted by atomic mass is 16.5. The number of hydrogen-bond acceptors (Lipinski definition) is 3. The number of nitrogens with zero attached hydrogens (tertiary/aromatic N) is 1. The maximum absolute atomic E-state index is 5.85. The van der Waals surface area contributed by atoms with Crippen molar-refractivity contribution in [3.05, 3.63) is 24.0 Å². The van der Waals surface area contributed by atoms with Crippen LogP contribution in [0, 0.1) is 5.92 Å². The molecule has 1 saturated carbocycles. The number of rotatable bonds is 4. The summed E-state index contributed by atoms with van der Waals surface area (Å²) >= 11 is 0. The standard InChI is InChI=1S/C13H20N2O/c14-8-12-9-15-7-6-13(12)16-10-11-4-2-1-3-5-11/h6-7,9,11H,1-5,8,10,14H2. The lowest BCUT2D eigenvalue weighted by Gasteiger charge is -2.22. The van der Waals surface area contributed by atoms with Crippen LogP contribution in [0.5, 0.6) is 5.75 Å². The van der Waals surface area contributed by atoms with Gasteiger partial charge in [0.2, 0.25) is 0 Å². The second-order valence-corrected chi connectivity index (χ2v) is 4.50. The van der Waals surface area contributed by atoms with Crippen molar-refractivity contribution in [2.75, 3.05) is 6.61 Å². The van der Waals surface area contributed by atoms with Gasteiger partial charge in [0.15, 0.2) is 0 Å². The van der Waals surface area contributed by atoms with Crippen LogP contribution in [0.15, 0.2) is 18.5 Å². The van der Waals surface area contributed by atoms with Gasteiger partial charge in [0, 0.05) is 24.5 Å². The summed E-state index contributed by atoms with van der Waals surface area (Å²) in [6.45, 7) is 1.32. The molecule has 3 heteroatoms. The van der Waals surface area contributed by atoms with E-state index in [0.29, 0.717) is 6.54 Å². The van der Waals surface area contributed by atoms with E-state index in [0.717, 1.165) is 23.8 Å². The molecule has 16 heavy (non-hydrogen) atoms. The first kappa shape index (κ1) is 11.4. The van der Waals surface area contributed by atoms with E-state index in [9.17, 15) is 0 Å². The minimum atomic E-state index is 0.494. The molecule has 0 amide bonds. The fourth-order valence-electron chi connectivity index (χ4n) is 2.27. The van der Waals surface area contributed by atoms with Gasteiger partial charge >= 0.3 is 0 Å². The van der Waals surface area contributed by atoms with Crippen molar-refractivity contribution in [2.45, 2.75) is 38.6 Å². The van der Waals surface area contributed by atoms with Gasteiger partial charge in [-0.15, -0.1) is 0 Å². The number of nitrogens with two attached hydrogens (primary N) is 1. The van der Waals surface area contributed by atoms with E-state index in [4.69, 9.17) is 10.5 Å². The molecule has 1 aliphatic rings. The van der Waals surface area contributed by atoms with Crippen LogP contribution in [-0.4, -0.2) is 11.6 Å². The summed E-state index contributed by atoms with van der Waals surface area (Å²) in [4.78, 5) is 4.05. The van der Waals surface area contributed by atoms with Crippen molar-refractivity contribution < 1.29 is 4.74 Å². The van der Waals surface area contributed by atoms with Gasteiger partial charge in [-0.2, -0.15) is 0 Å². The van der Waals surface area contributed by atoms with Gasteiger partial charge in [0.05, 0.1) is 6.61 Å². The molecule has 0 bridgehead atoms. The van der Waals surface area contributed by atoms with Crippen molar-refractivity contribution in [3.63, 3.8) is 0 Å². The third-order valence-electron chi connectivity index (χ3n) is 3.28. The fourth-order valence-corrected chi connectivity index (χ4v) is 2.27. The molecular formula is C13H20N2O. The number of aromatic nitrogens is 1. The van der Waals surface area contributed by atoms with Gasteiger partial charge in [-0.05, 0) is 24.8 Å². The molecule has 3 nitrogen and oxygen atoms in total. The SMILES string of the molecule is NCc1cnccc1OCC1CCCCC1. The fraction of sp³-hybridized carbons (Fsp3) is 0.615. The van der Waals surface area contributed by atoms with Crippen molar-refractivity contribution in [1.82, 2.24) is 4.98 Å². The molecule has 0 spiro atoms. The summed E-state index contributed by atoms with van der Waals surface area (Å²) in [6, 6.07) is 1.91. The first-order chi connectivity index (χ1) is 7.90. The first-order valence-corrected chi connectivity index (χ1v) is 6.16. The van der Waals surface area contributed by atoms with Crippen LogP contribution in [0.4, 0.5) is 0 Å². The minimum Gasteiger partial charge on any atom is -0.493 e. The molecule has 1 heterocycles. The highest BCUT2D eigenvalue weighted by molar-refractivity contribution is 5.29. The third kappa shape index (κ3) is 2.95. The maximum atomic E-state index is 5.85. The minimum absolute atomic E-state index is 0.494. The van der Waals surface area contributed by atoms with Gasteiger partial charge in [-0.1, -0.05) is 19.3 Å². The number of pyridine rings is 1. The number of hydrogen-bond donors (Lipinski definition) is 1. The molecule has 1 aromatic heterocycles. The summed E-state index contributed by atoms with van der Waals surface area (Å²) in [7, 11) is 0. The Hall–Kier alpha value is -1.09. The molecule has 2 rings (SSSR count). The Kier molecular flexibility index (Phi) is 4.17. The van der Waals surface area contributed by atoms with Crippen LogP contribution in [0.25, 0.3) is 0 Å². The molecule has 88 valence electrons. The number of ether oxygens (including phenoxy) is 1. The Morgan fingerprint density at radius 1 is 1.31 bits per heavy atom. The lowest BCUT2D eigenvalue weighted by Crippen LogP contribution is -2.16. The van der Waals surface area contributed by atoms with Gasteiger partial charge in [0.25, 0.3) is 0 Å². The first-order valence-electron chi connectivity index (χ1n) is 6.16. The normalized spacial score (nSPS) is 17.3. The average molecular weight is 220 g/mol. The van der Waals surface area contributed by atoms with E-state index in [1.54, 1.807) is 12.4 Å². The van der Waals surface area contributed by atoms with E-state index in [1.807, 2.05) is 6.07 Å². The summed E-state index contributed by atoms with van der Waals surface area (Å²) in [5, 5.41) is 0. The van der Waals surface area contributed by atoms with Gasteiger partial charge in [0.1, 0.15) is 5.75 Å². The Bertz CT molecular complexity index is 321. The highest BCUT2D eigenvalue weighted by Crippen LogP contribution is 2.25. The lowest BCUT2D eigenvalue weighted by molar-refractivity contribution is 0.207. The lowest BCUT2D eigenvalue weighted by atomic mass is 9.90. The third-order valence-corrected chi connectivity index (χ3v) is 3.28. The molecule has 0 atom stereocenters. The average Bonchev–Trinajstić information content (AvgIpc) is 2.38. The molecule has 0 aromatic carbocycles. The van der Waals surface area contributed by atoms with Gasteiger partial charge in [-0.25, -0.2) is 0 Å². The molecule has 1 aromatic rings. The Balaban J connectivity index is 1.88. The monoisotopic (exact) mass is 220 g/mol. The largest absolute Gasteiger partial charge is 0.493 e. The molecule has 2 N–H and O–H groups in total. The molecule has 0 aliphatic heterocycles. The summed E-state index contributed by atoms with van der Waals surface area (Å²) in [6.07, 6.45) is 10.3. The van der Waals surface area contributed by atoms with Crippen LogP contribution in [0.1, 0.15) is 37.7 Å². The van der Waals surface area contributed by atoms with Gasteiger partial charge in [-0.3, -0.25) is 4.98 Å². The van der Waals surface area contributed by atoms with Crippen LogP contribution in [0.3, 0.4) is 0 Å². The van der Waals surface area contributed by atoms with Crippen LogP contribution in [-0.2, 0) is 6.54 Å². The second-order valence-electron chi connectivity index (χ2n) is 4.50. The van der Waals surface area contributed by atoms with E-state index in [-0.39, 0.29) is 0 Å². The smallest absolute Gasteiger partial charge is 0.126 e. The molecule has 0 saturated heterocycles. The zero-order valence-electron chi connectivity index (χ0n) is 9.69. The molecule has 0 unspecified atom stereocenters. The van der Waals surface area contributed by atoms with Gasteiger partial charge < -0.3 is 10.5 Å². The van der Waals surface area contributed by atoms with E-state index in [2.05, 4.69) is 4.98 Å². The summed E-state index contributed by atoms with van der Waals surface area (Å²) in [5.41, 5.74) is 6.64. The maximum Gasteiger partial charge on any atom is 0.126 e. The predicted molar refractivity (Wildman–Crippen MR) is 64.2 cm³/mol. The predicted octanol–water partition coefficient (Wildman–Crippen LogP) is 2.50. The molecule has 1 fully saturated rings. The Morgan fingerprint density at radius 2 is 2.12 bits per heavy atom. The van der Waals surface area contributed by atoms with Crippen molar-refractivity contribution in [2.24, 2.45) is 11.7 Å².